The van der Waals surface area contributed by atoms with Crippen LogP contribution in [0.15, 0.2) is 18.2 Å². The van der Waals surface area contributed by atoms with E-state index in [1.807, 2.05) is 13.8 Å². The van der Waals surface area contributed by atoms with Crippen LogP contribution in [0, 0.1) is 11.6 Å². The molecule has 0 aliphatic rings. The minimum Gasteiger partial charge on any atom is -0.468 e. The maximum atomic E-state index is 13.5. The third-order valence-electron chi connectivity index (χ3n) is 2.70. The van der Waals surface area contributed by atoms with Crippen molar-refractivity contribution < 1.29 is 18.3 Å². The van der Waals surface area contributed by atoms with E-state index >= 15 is 0 Å². The molecule has 1 aromatic carbocycles. The van der Waals surface area contributed by atoms with Crippen LogP contribution in [-0.4, -0.2) is 30.6 Å². The van der Waals surface area contributed by atoms with Crippen LogP contribution < -0.4 is 0 Å². The summed E-state index contributed by atoms with van der Waals surface area (Å²) in [6, 6.07) is 4.04. The number of halogens is 2. The minimum atomic E-state index is -0.880. The van der Waals surface area contributed by atoms with Crippen LogP contribution in [0.25, 0.3) is 0 Å². The van der Waals surface area contributed by atoms with Gasteiger partial charge in [0.25, 0.3) is 0 Å². The van der Waals surface area contributed by atoms with E-state index in [0.29, 0.717) is 0 Å². The van der Waals surface area contributed by atoms with E-state index in [0.717, 1.165) is 6.07 Å². The smallest absolute Gasteiger partial charge is 0.319 e. The first-order valence-electron chi connectivity index (χ1n) is 5.69. The predicted molar refractivity (Wildman–Crippen MR) is 63.9 cm³/mol. The second-order valence-corrected chi connectivity index (χ2v) is 4.29. The number of nitrogens with zero attached hydrogens (tertiary/aromatic N) is 1. The Morgan fingerprint density at radius 2 is 2.06 bits per heavy atom. The van der Waals surface area contributed by atoms with Crippen molar-refractivity contribution in [2.24, 2.45) is 0 Å². The molecule has 0 N–H and O–H groups in total. The second kappa shape index (κ2) is 6.44. The van der Waals surface area contributed by atoms with Gasteiger partial charge in [0, 0.05) is 18.2 Å². The van der Waals surface area contributed by atoms with Gasteiger partial charge in [0.15, 0.2) is 11.6 Å². The van der Waals surface area contributed by atoms with Crippen molar-refractivity contribution in [3.05, 3.63) is 35.4 Å². The van der Waals surface area contributed by atoms with E-state index < -0.39 is 17.6 Å². The Morgan fingerprint density at radius 1 is 1.39 bits per heavy atom. The third-order valence-corrected chi connectivity index (χ3v) is 2.70. The number of hydrogen-bond donors (Lipinski definition) is 0. The Kier molecular flexibility index (Phi) is 5.22. The molecule has 100 valence electrons. The van der Waals surface area contributed by atoms with Gasteiger partial charge in [-0.1, -0.05) is 12.1 Å². The molecule has 0 heterocycles. The molecule has 0 spiro atoms. The lowest BCUT2D eigenvalue weighted by atomic mass is 10.1. The van der Waals surface area contributed by atoms with E-state index in [1.54, 1.807) is 4.90 Å². The summed E-state index contributed by atoms with van der Waals surface area (Å²) in [4.78, 5) is 12.9. The summed E-state index contributed by atoms with van der Waals surface area (Å²) in [5, 5.41) is 0. The molecule has 0 bridgehead atoms. The van der Waals surface area contributed by atoms with Gasteiger partial charge in [-0.05, 0) is 19.9 Å². The van der Waals surface area contributed by atoms with Gasteiger partial charge < -0.3 is 4.74 Å². The van der Waals surface area contributed by atoms with E-state index in [1.165, 1.54) is 19.2 Å². The Morgan fingerprint density at radius 3 is 2.61 bits per heavy atom. The quantitative estimate of drug-likeness (QED) is 0.758. The number of esters is 1. The van der Waals surface area contributed by atoms with Crippen LogP contribution >= 0.6 is 0 Å². The second-order valence-electron chi connectivity index (χ2n) is 4.29. The maximum Gasteiger partial charge on any atom is 0.319 e. The zero-order chi connectivity index (χ0) is 13.7. The zero-order valence-electron chi connectivity index (χ0n) is 10.7. The first-order valence-corrected chi connectivity index (χ1v) is 5.69. The molecule has 0 aliphatic carbocycles. The van der Waals surface area contributed by atoms with Crippen molar-refractivity contribution in [2.75, 3.05) is 13.7 Å². The van der Waals surface area contributed by atoms with Crippen LogP contribution in [0.4, 0.5) is 8.78 Å². The number of hydrogen-bond acceptors (Lipinski definition) is 3. The van der Waals surface area contributed by atoms with Gasteiger partial charge in [0.2, 0.25) is 0 Å². The number of methoxy groups -OCH3 is 1. The van der Waals surface area contributed by atoms with Crippen LogP contribution in [0.1, 0.15) is 19.4 Å². The Bertz CT molecular complexity index is 421. The Labute approximate surface area is 105 Å². The van der Waals surface area contributed by atoms with Gasteiger partial charge in [0.05, 0.1) is 13.7 Å². The zero-order valence-corrected chi connectivity index (χ0v) is 10.7. The molecule has 0 atom stereocenters. The highest BCUT2D eigenvalue weighted by atomic mass is 19.2. The van der Waals surface area contributed by atoms with Crippen LogP contribution in [0.5, 0.6) is 0 Å². The number of carbonyl (C=O) groups excluding carboxylic acids is 1. The molecular formula is C13H17F2NO2. The largest absolute Gasteiger partial charge is 0.468 e. The van der Waals surface area contributed by atoms with Gasteiger partial charge in [-0.15, -0.1) is 0 Å². The number of rotatable bonds is 5. The summed E-state index contributed by atoms with van der Waals surface area (Å²) in [6.07, 6.45) is 0. The first kappa shape index (κ1) is 14.6. The maximum absolute atomic E-state index is 13.5. The highest BCUT2D eigenvalue weighted by Crippen LogP contribution is 2.15. The van der Waals surface area contributed by atoms with Gasteiger partial charge in [-0.3, -0.25) is 9.69 Å². The molecule has 0 aromatic heterocycles. The first-order chi connectivity index (χ1) is 8.45. The fourth-order valence-electron chi connectivity index (χ4n) is 1.54. The van der Waals surface area contributed by atoms with Crippen molar-refractivity contribution >= 4 is 5.97 Å². The summed E-state index contributed by atoms with van der Waals surface area (Å²) in [7, 11) is 1.30. The Balaban J connectivity index is 2.83. The molecule has 18 heavy (non-hydrogen) atoms. The van der Waals surface area contributed by atoms with E-state index in [9.17, 15) is 13.6 Å². The van der Waals surface area contributed by atoms with Crippen molar-refractivity contribution in [1.29, 1.82) is 0 Å². The summed E-state index contributed by atoms with van der Waals surface area (Å²) in [5.74, 6) is -2.15. The highest BCUT2D eigenvalue weighted by Gasteiger charge is 2.17. The molecule has 0 unspecified atom stereocenters. The van der Waals surface area contributed by atoms with Gasteiger partial charge >= 0.3 is 5.97 Å². The normalized spacial score (nSPS) is 11.1. The summed E-state index contributed by atoms with van der Waals surface area (Å²) < 4.78 is 31.2. The molecule has 0 saturated carbocycles. The van der Waals surface area contributed by atoms with E-state index in [-0.39, 0.29) is 24.7 Å². The predicted octanol–water partition coefficient (Wildman–Crippen LogP) is 2.35. The topological polar surface area (TPSA) is 29.5 Å². The summed E-state index contributed by atoms with van der Waals surface area (Å²) in [5.41, 5.74) is 0.229. The summed E-state index contributed by atoms with van der Waals surface area (Å²) >= 11 is 0. The average Bonchev–Trinajstić information content (AvgIpc) is 2.33. The van der Waals surface area contributed by atoms with Crippen LogP contribution in [-0.2, 0) is 16.1 Å². The average molecular weight is 257 g/mol. The van der Waals surface area contributed by atoms with Crippen LogP contribution in [0.3, 0.4) is 0 Å². The number of benzene rings is 1. The van der Waals surface area contributed by atoms with Crippen molar-refractivity contribution in [3.63, 3.8) is 0 Å². The van der Waals surface area contributed by atoms with Crippen molar-refractivity contribution in [2.45, 2.75) is 26.4 Å². The summed E-state index contributed by atoms with van der Waals surface area (Å²) in [6.45, 7) is 3.96. The number of carbonyl (C=O) groups is 1. The minimum absolute atomic E-state index is 0.0202. The molecule has 0 saturated heterocycles. The molecule has 1 aromatic rings. The molecule has 3 nitrogen and oxygen atoms in total. The van der Waals surface area contributed by atoms with Crippen molar-refractivity contribution in [3.8, 4) is 0 Å². The number of ether oxygens (including phenoxy) is 1. The Hall–Kier alpha value is -1.49. The fourth-order valence-corrected chi connectivity index (χ4v) is 1.54. The fraction of sp³-hybridized carbons (Fsp3) is 0.462. The lowest BCUT2D eigenvalue weighted by Crippen LogP contribution is -2.36. The molecule has 0 amide bonds. The molecule has 0 fully saturated rings. The van der Waals surface area contributed by atoms with Crippen molar-refractivity contribution in [1.82, 2.24) is 4.90 Å². The van der Waals surface area contributed by atoms with Crippen LogP contribution in [0.2, 0.25) is 0 Å². The van der Waals surface area contributed by atoms with Gasteiger partial charge in [-0.2, -0.15) is 0 Å². The molecular weight excluding hydrogens is 240 g/mol. The molecule has 0 aliphatic heterocycles. The highest BCUT2D eigenvalue weighted by molar-refractivity contribution is 5.71. The monoisotopic (exact) mass is 257 g/mol. The molecule has 5 heteroatoms. The lowest BCUT2D eigenvalue weighted by Gasteiger charge is -2.25. The lowest BCUT2D eigenvalue weighted by molar-refractivity contribution is -0.142. The van der Waals surface area contributed by atoms with Gasteiger partial charge in [0.1, 0.15) is 0 Å². The van der Waals surface area contributed by atoms with E-state index in [4.69, 9.17) is 0 Å². The third kappa shape index (κ3) is 3.77. The van der Waals surface area contributed by atoms with Gasteiger partial charge in [-0.25, -0.2) is 8.78 Å². The molecule has 1 rings (SSSR count). The SMILES string of the molecule is COC(=O)CN(Cc1cccc(F)c1F)C(C)C. The molecule has 0 radical (unpaired) electrons. The standard InChI is InChI=1S/C13H17F2NO2/c1-9(2)16(8-12(17)18-3)7-10-5-4-6-11(14)13(10)15/h4-6,9H,7-8H2,1-3H3. The van der Waals surface area contributed by atoms with E-state index in [2.05, 4.69) is 4.74 Å².